The quantitative estimate of drug-likeness (QED) is 0.504. The maximum Gasteiger partial charge on any atom is 0.328 e. The Bertz CT molecular complexity index is 1180. The number of hydrogen-bond acceptors (Lipinski definition) is 7. The molecule has 1 saturated heterocycles. The van der Waals surface area contributed by atoms with Crippen LogP contribution in [0.3, 0.4) is 0 Å². The number of hydrogen-bond donors (Lipinski definition) is 2. The van der Waals surface area contributed by atoms with Gasteiger partial charge in [0.2, 0.25) is 0 Å². The van der Waals surface area contributed by atoms with Crippen molar-refractivity contribution in [3.8, 4) is 17.2 Å². The Hall–Kier alpha value is -3.92. The normalized spacial score (nSPS) is 15.5. The smallest absolute Gasteiger partial charge is 0.328 e. The van der Waals surface area contributed by atoms with E-state index in [9.17, 15) is 14.4 Å². The summed E-state index contributed by atoms with van der Waals surface area (Å²) in [5.74, 6) is -0.253. The lowest BCUT2D eigenvalue weighted by Crippen LogP contribution is -2.69. The first-order valence-electron chi connectivity index (χ1n) is 10.4. The Morgan fingerprint density at radius 2 is 1.61 bits per heavy atom. The monoisotopic (exact) mass is 452 g/mol. The molecular weight excluding hydrogens is 428 g/mol. The molecule has 0 radical (unpaired) electrons. The van der Waals surface area contributed by atoms with Crippen molar-refractivity contribution in [3.05, 3.63) is 48.7 Å². The summed E-state index contributed by atoms with van der Waals surface area (Å²) in [7, 11) is 1.44. The van der Waals surface area contributed by atoms with E-state index in [1.54, 1.807) is 30.5 Å². The van der Waals surface area contributed by atoms with Gasteiger partial charge in [-0.3, -0.25) is 24.9 Å². The molecular formula is C23H24N4O6. The number of nitrogens with one attached hydrogen (secondary N) is 2. The number of amides is 4. The lowest BCUT2D eigenvalue weighted by atomic mass is 9.95. The zero-order valence-corrected chi connectivity index (χ0v) is 18.5. The molecule has 10 heteroatoms. The van der Waals surface area contributed by atoms with Crippen LogP contribution in [0.4, 0.5) is 4.79 Å². The number of carbonyl (C=O) groups excluding carboxylic acids is 3. The largest absolute Gasteiger partial charge is 0.467 e. The van der Waals surface area contributed by atoms with E-state index in [4.69, 9.17) is 14.2 Å². The Kier molecular flexibility index (Phi) is 6.01. The van der Waals surface area contributed by atoms with Crippen molar-refractivity contribution >= 4 is 28.7 Å². The van der Waals surface area contributed by atoms with E-state index < -0.39 is 23.4 Å². The first-order valence-corrected chi connectivity index (χ1v) is 10.4. The van der Waals surface area contributed by atoms with Crippen LogP contribution in [0.5, 0.6) is 17.2 Å². The third-order valence-corrected chi connectivity index (χ3v) is 5.25. The molecule has 2 heterocycles. The van der Waals surface area contributed by atoms with Gasteiger partial charge in [0.05, 0.1) is 18.3 Å². The topological polar surface area (TPSA) is 121 Å². The Balaban J connectivity index is 1.51. The van der Waals surface area contributed by atoms with Crippen LogP contribution in [0.1, 0.15) is 26.3 Å². The van der Waals surface area contributed by atoms with Gasteiger partial charge in [-0.25, -0.2) is 4.79 Å². The highest BCUT2D eigenvalue weighted by atomic mass is 16.5. The highest BCUT2D eigenvalue weighted by Crippen LogP contribution is 2.30. The van der Waals surface area contributed by atoms with Gasteiger partial charge in [-0.2, -0.15) is 5.10 Å². The summed E-state index contributed by atoms with van der Waals surface area (Å²) < 4.78 is 18.7. The molecule has 0 aliphatic carbocycles. The molecule has 1 aromatic heterocycles. The van der Waals surface area contributed by atoms with Gasteiger partial charge in [0.25, 0.3) is 17.4 Å². The maximum atomic E-state index is 12.5. The lowest BCUT2D eigenvalue weighted by Gasteiger charge is -2.34. The number of barbiturate groups is 1. The first-order chi connectivity index (χ1) is 15.8. The van der Waals surface area contributed by atoms with Gasteiger partial charge in [0.15, 0.2) is 0 Å². The van der Waals surface area contributed by atoms with Crippen LogP contribution in [0.2, 0.25) is 0 Å². The maximum absolute atomic E-state index is 12.5. The van der Waals surface area contributed by atoms with Crippen LogP contribution < -0.4 is 20.1 Å². The molecule has 1 fully saturated rings. The SMILES string of the molecule is COCCC1(Oc2ccc(Oc3ccc4c(cnn4C(C)C)c3)cc2)C(=O)NC(=O)NC1=O. The molecule has 4 amide bonds. The molecule has 0 atom stereocenters. The average Bonchev–Trinajstić information content (AvgIpc) is 3.20. The summed E-state index contributed by atoms with van der Waals surface area (Å²) in [6.45, 7) is 4.21. The predicted molar refractivity (Wildman–Crippen MR) is 118 cm³/mol. The molecule has 0 saturated carbocycles. The summed E-state index contributed by atoms with van der Waals surface area (Å²) in [6.07, 6.45) is 1.72. The molecule has 172 valence electrons. The third-order valence-electron chi connectivity index (χ3n) is 5.25. The molecule has 3 aromatic rings. The van der Waals surface area contributed by atoms with E-state index >= 15 is 0 Å². The Labute approximate surface area is 189 Å². The molecule has 0 unspecified atom stereocenters. The van der Waals surface area contributed by atoms with E-state index in [1.165, 1.54) is 7.11 Å². The van der Waals surface area contributed by atoms with Crippen LogP contribution in [0, 0.1) is 0 Å². The Morgan fingerprint density at radius 1 is 0.970 bits per heavy atom. The van der Waals surface area contributed by atoms with Crippen LogP contribution in [-0.2, 0) is 14.3 Å². The summed E-state index contributed by atoms with van der Waals surface area (Å²) in [4.78, 5) is 36.5. The van der Waals surface area contributed by atoms with Crippen molar-refractivity contribution in [1.82, 2.24) is 20.4 Å². The number of aromatic nitrogens is 2. The van der Waals surface area contributed by atoms with E-state index in [0.29, 0.717) is 11.5 Å². The molecule has 1 aliphatic rings. The molecule has 2 aromatic carbocycles. The fourth-order valence-electron chi connectivity index (χ4n) is 3.58. The number of urea groups is 1. The number of carbonyl (C=O) groups is 3. The molecule has 4 rings (SSSR count). The highest BCUT2D eigenvalue weighted by Gasteiger charge is 2.52. The zero-order chi connectivity index (χ0) is 23.6. The van der Waals surface area contributed by atoms with Crippen molar-refractivity contribution in [2.75, 3.05) is 13.7 Å². The molecule has 1 aliphatic heterocycles. The Morgan fingerprint density at radius 3 is 2.24 bits per heavy atom. The molecule has 33 heavy (non-hydrogen) atoms. The number of ether oxygens (including phenoxy) is 3. The van der Waals surface area contributed by atoms with Crippen molar-refractivity contribution in [3.63, 3.8) is 0 Å². The van der Waals surface area contributed by atoms with Crippen LogP contribution >= 0.6 is 0 Å². The fourth-order valence-corrected chi connectivity index (χ4v) is 3.58. The second kappa shape index (κ2) is 8.91. The van der Waals surface area contributed by atoms with Gasteiger partial charge in [-0.05, 0) is 56.3 Å². The third kappa shape index (κ3) is 4.37. The zero-order valence-electron chi connectivity index (χ0n) is 18.5. The van der Waals surface area contributed by atoms with E-state index in [1.807, 2.05) is 22.9 Å². The second-order valence-electron chi connectivity index (χ2n) is 7.89. The summed E-state index contributed by atoms with van der Waals surface area (Å²) >= 11 is 0. The second-order valence-corrected chi connectivity index (χ2v) is 7.89. The van der Waals surface area contributed by atoms with Gasteiger partial charge >= 0.3 is 6.03 Å². The first kappa shape index (κ1) is 22.3. The van der Waals surface area contributed by atoms with E-state index in [0.717, 1.165) is 10.9 Å². The minimum atomic E-state index is -1.92. The van der Waals surface area contributed by atoms with Crippen molar-refractivity contribution in [1.29, 1.82) is 0 Å². The van der Waals surface area contributed by atoms with Crippen LogP contribution in [-0.4, -0.2) is 46.9 Å². The number of imide groups is 2. The van der Waals surface area contributed by atoms with Crippen LogP contribution in [0.25, 0.3) is 10.9 Å². The van der Waals surface area contributed by atoms with Gasteiger partial charge < -0.3 is 14.2 Å². The summed E-state index contributed by atoms with van der Waals surface area (Å²) in [5.41, 5.74) is -0.904. The van der Waals surface area contributed by atoms with Gasteiger partial charge in [-0.1, -0.05) is 0 Å². The predicted octanol–water partition coefficient (Wildman–Crippen LogP) is 2.93. The average molecular weight is 452 g/mol. The van der Waals surface area contributed by atoms with Gasteiger partial charge in [0.1, 0.15) is 17.2 Å². The van der Waals surface area contributed by atoms with Crippen LogP contribution in [0.15, 0.2) is 48.7 Å². The number of rotatable bonds is 8. The van der Waals surface area contributed by atoms with Gasteiger partial charge in [-0.15, -0.1) is 0 Å². The molecule has 2 N–H and O–H groups in total. The van der Waals surface area contributed by atoms with E-state index in [2.05, 4.69) is 29.6 Å². The number of fused-ring (bicyclic) bond motifs is 1. The molecule has 10 nitrogen and oxygen atoms in total. The highest BCUT2D eigenvalue weighted by molar-refractivity contribution is 6.21. The van der Waals surface area contributed by atoms with Crippen molar-refractivity contribution in [2.24, 2.45) is 0 Å². The van der Waals surface area contributed by atoms with Crippen molar-refractivity contribution in [2.45, 2.75) is 31.9 Å². The number of methoxy groups -OCH3 is 1. The molecule has 0 spiro atoms. The molecule has 0 bridgehead atoms. The minimum Gasteiger partial charge on any atom is -0.467 e. The van der Waals surface area contributed by atoms with Crippen molar-refractivity contribution < 1.29 is 28.6 Å². The lowest BCUT2D eigenvalue weighted by molar-refractivity contribution is -0.153. The van der Waals surface area contributed by atoms with E-state index in [-0.39, 0.29) is 24.8 Å². The summed E-state index contributed by atoms with van der Waals surface area (Å²) in [6, 6.07) is 11.6. The number of nitrogens with zero attached hydrogens (tertiary/aromatic N) is 2. The fraction of sp³-hybridized carbons (Fsp3) is 0.304. The standard InChI is InChI=1S/C23H24N4O6/c1-14(2)27-19-9-8-18(12-15(19)13-24-27)32-16-4-6-17(7-5-16)33-23(10-11-31-3)20(28)25-22(30)26-21(23)29/h4-9,12-14H,10-11H2,1-3H3,(H2,25,26,28,29,30). The van der Waals surface area contributed by atoms with Gasteiger partial charge in [0, 0.05) is 25.0 Å². The number of benzene rings is 2. The minimum absolute atomic E-state index is 0.0726. The summed E-state index contributed by atoms with van der Waals surface area (Å²) in [5, 5.41) is 9.52.